The van der Waals surface area contributed by atoms with Crippen molar-refractivity contribution in [3.05, 3.63) is 68.7 Å². The fourth-order valence-electron chi connectivity index (χ4n) is 1.91. The van der Waals surface area contributed by atoms with Crippen molar-refractivity contribution < 1.29 is 13.9 Å². The molecule has 0 spiro atoms. The lowest BCUT2D eigenvalue weighted by atomic mass is 9.98. The van der Waals surface area contributed by atoms with Gasteiger partial charge in [-0.15, -0.1) is 0 Å². The van der Waals surface area contributed by atoms with Gasteiger partial charge >= 0.3 is 0 Å². The van der Waals surface area contributed by atoms with E-state index in [0.29, 0.717) is 11.1 Å². The molecule has 0 amide bonds. The molecule has 1 unspecified atom stereocenters. The Morgan fingerprint density at radius 3 is 2.32 bits per heavy atom. The molecule has 0 fully saturated rings. The van der Waals surface area contributed by atoms with Gasteiger partial charge in [-0.1, -0.05) is 28.1 Å². The number of hydrogen-bond acceptors (Lipinski definition) is 1. The van der Waals surface area contributed by atoms with Gasteiger partial charge in [-0.3, -0.25) is 0 Å². The van der Waals surface area contributed by atoms with Crippen molar-refractivity contribution in [2.75, 3.05) is 0 Å². The van der Waals surface area contributed by atoms with Crippen molar-refractivity contribution in [2.45, 2.75) is 20.0 Å². The molecular weight excluding hydrogens is 314 g/mol. The first kappa shape index (κ1) is 14.2. The second kappa shape index (κ2) is 5.39. The highest BCUT2D eigenvalue weighted by molar-refractivity contribution is 9.10. The van der Waals surface area contributed by atoms with Gasteiger partial charge in [-0.25, -0.2) is 8.78 Å². The van der Waals surface area contributed by atoms with E-state index in [1.54, 1.807) is 18.2 Å². The van der Waals surface area contributed by atoms with Gasteiger partial charge in [0.25, 0.3) is 0 Å². The van der Waals surface area contributed by atoms with E-state index in [1.807, 2.05) is 6.92 Å². The molecular formula is C15H13BrF2O. The van der Waals surface area contributed by atoms with Crippen LogP contribution in [0.4, 0.5) is 8.78 Å². The van der Waals surface area contributed by atoms with E-state index >= 15 is 0 Å². The van der Waals surface area contributed by atoms with Gasteiger partial charge in [0.2, 0.25) is 0 Å². The number of aryl methyl sites for hydroxylation is 2. The van der Waals surface area contributed by atoms with Crippen LogP contribution in [0.15, 0.2) is 34.8 Å². The van der Waals surface area contributed by atoms with E-state index in [1.165, 1.54) is 13.0 Å². The number of halogens is 3. The lowest BCUT2D eigenvalue weighted by Gasteiger charge is -2.14. The summed E-state index contributed by atoms with van der Waals surface area (Å²) in [5.41, 5.74) is 1.91. The van der Waals surface area contributed by atoms with E-state index in [2.05, 4.69) is 15.9 Å². The summed E-state index contributed by atoms with van der Waals surface area (Å²) in [6, 6.07) is 7.42. The number of aliphatic hydroxyl groups excluding tert-OH is 1. The summed E-state index contributed by atoms with van der Waals surface area (Å²) in [5, 5.41) is 10.2. The lowest BCUT2D eigenvalue weighted by Crippen LogP contribution is -2.04. The smallest absolute Gasteiger partial charge is 0.132 e. The van der Waals surface area contributed by atoms with E-state index in [4.69, 9.17) is 0 Å². The average Bonchev–Trinajstić information content (AvgIpc) is 2.36. The lowest BCUT2D eigenvalue weighted by molar-refractivity contribution is 0.214. The van der Waals surface area contributed by atoms with Gasteiger partial charge in [-0.05, 0) is 42.7 Å². The van der Waals surface area contributed by atoms with E-state index in [9.17, 15) is 13.9 Å². The summed E-state index contributed by atoms with van der Waals surface area (Å²) < 4.78 is 27.9. The largest absolute Gasteiger partial charge is 0.384 e. The number of hydrogen-bond donors (Lipinski definition) is 1. The summed E-state index contributed by atoms with van der Waals surface area (Å²) in [6.45, 7) is 3.42. The van der Waals surface area contributed by atoms with E-state index in [0.717, 1.165) is 16.1 Å². The molecule has 0 aliphatic carbocycles. The van der Waals surface area contributed by atoms with Crippen LogP contribution >= 0.6 is 15.9 Å². The van der Waals surface area contributed by atoms with Crippen LogP contribution < -0.4 is 0 Å². The highest BCUT2D eigenvalue weighted by Gasteiger charge is 2.17. The summed E-state index contributed by atoms with van der Waals surface area (Å²) >= 11 is 3.37. The predicted octanol–water partition coefficient (Wildman–Crippen LogP) is 4.43. The monoisotopic (exact) mass is 326 g/mol. The highest BCUT2D eigenvalue weighted by atomic mass is 79.9. The predicted molar refractivity (Wildman–Crippen MR) is 74.0 cm³/mol. The molecule has 0 aliphatic heterocycles. The SMILES string of the molecule is Cc1cc(C(O)c2ccc(Br)c(C)c2)c(F)cc1F. The van der Waals surface area contributed by atoms with Crippen molar-refractivity contribution in [3.8, 4) is 0 Å². The van der Waals surface area contributed by atoms with Crippen molar-refractivity contribution in [2.24, 2.45) is 0 Å². The van der Waals surface area contributed by atoms with Crippen LogP contribution in [0, 0.1) is 25.5 Å². The molecule has 0 saturated heterocycles. The number of benzene rings is 2. The quantitative estimate of drug-likeness (QED) is 0.865. The molecule has 100 valence electrons. The molecule has 0 saturated carbocycles. The second-order valence-electron chi connectivity index (χ2n) is 4.53. The molecule has 1 nitrogen and oxygen atoms in total. The maximum Gasteiger partial charge on any atom is 0.132 e. The molecule has 2 aromatic carbocycles. The Labute approximate surface area is 119 Å². The van der Waals surface area contributed by atoms with Gasteiger partial charge in [0.15, 0.2) is 0 Å². The Morgan fingerprint density at radius 2 is 1.68 bits per heavy atom. The van der Waals surface area contributed by atoms with Crippen LogP contribution in [0.3, 0.4) is 0 Å². The molecule has 1 atom stereocenters. The van der Waals surface area contributed by atoms with E-state index < -0.39 is 17.7 Å². The van der Waals surface area contributed by atoms with E-state index in [-0.39, 0.29) is 5.56 Å². The second-order valence-corrected chi connectivity index (χ2v) is 5.39. The van der Waals surface area contributed by atoms with Crippen LogP contribution in [-0.4, -0.2) is 5.11 Å². The normalized spacial score (nSPS) is 12.5. The van der Waals surface area contributed by atoms with Crippen molar-refractivity contribution in [1.82, 2.24) is 0 Å². The molecule has 0 radical (unpaired) electrons. The third kappa shape index (κ3) is 2.85. The number of aliphatic hydroxyl groups is 1. The molecule has 0 heterocycles. The van der Waals surface area contributed by atoms with Crippen LogP contribution in [0.2, 0.25) is 0 Å². The minimum absolute atomic E-state index is 0.0839. The number of rotatable bonds is 2. The summed E-state index contributed by atoms with van der Waals surface area (Å²) in [4.78, 5) is 0. The summed E-state index contributed by atoms with van der Waals surface area (Å²) in [5.74, 6) is -1.35. The van der Waals surface area contributed by atoms with Gasteiger partial charge in [-0.2, -0.15) is 0 Å². The molecule has 0 bridgehead atoms. The van der Waals surface area contributed by atoms with Gasteiger partial charge in [0.1, 0.15) is 17.7 Å². The minimum Gasteiger partial charge on any atom is -0.384 e. The Bertz CT molecular complexity index is 626. The first-order chi connectivity index (χ1) is 8.90. The van der Waals surface area contributed by atoms with Crippen LogP contribution in [-0.2, 0) is 0 Å². The molecule has 1 N–H and O–H groups in total. The maximum atomic E-state index is 13.7. The zero-order chi connectivity index (χ0) is 14.2. The summed E-state index contributed by atoms with van der Waals surface area (Å²) in [7, 11) is 0. The molecule has 4 heteroatoms. The molecule has 19 heavy (non-hydrogen) atoms. The fourth-order valence-corrected chi connectivity index (χ4v) is 2.15. The van der Waals surface area contributed by atoms with Gasteiger partial charge < -0.3 is 5.11 Å². The van der Waals surface area contributed by atoms with Gasteiger partial charge in [0, 0.05) is 16.1 Å². The van der Waals surface area contributed by atoms with Crippen LogP contribution in [0.1, 0.15) is 28.4 Å². The Morgan fingerprint density at radius 1 is 1.00 bits per heavy atom. The first-order valence-electron chi connectivity index (χ1n) is 5.80. The maximum absolute atomic E-state index is 13.7. The molecule has 0 aliphatic rings. The first-order valence-corrected chi connectivity index (χ1v) is 6.59. The van der Waals surface area contributed by atoms with Crippen LogP contribution in [0.25, 0.3) is 0 Å². The summed E-state index contributed by atoms with van der Waals surface area (Å²) in [6.07, 6.45) is -1.11. The highest BCUT2D eigenvalue weighted by Crippen LogP contribution is 2.28. The Kier molecular flexibility index (Phi) is 4.02. The zero-order valence-corrected chi connectivity index (χ0v) is 12.1. The zero-order valence-electron chi connectivity index (χ0n) is 10.5. The minimum atomic E-state index is -1.11. The van der Waals surface area contributed by atoms with Crippen molar-refractivity contribution in [1.29, 1.82) is 0 Å². The standard InChI is InChI=1S/C15H13BrF2O/c1-8-5-10(3-4-12(8)16)15(19)11-6-9(2)13(17)7-14(11)18/h3-7,15,19H,1-2H3. The average molecular weight is 327 g/mol. The third-order valence-corrected chi connectivity index (χ3v) is 3.96. The van der Waals surface area contributed by atoms with Crippen molar-refractivity contribution >= 4 is 15.9 Å². The fraction of sp³-hybridized carbons (Fsp3) is 0.200. The van der Waals surface area contributed by atoms with Crippen LogP contribution in [0.5, 0.6) is 0 Å². The topological polar surface area (TPSA) is 20.2 Å². The Hall–Kier alpha value is -1.26. The Balaban J connectivity index is 2.46. The molecule has 2 aromatic rings. The van der Waals surface area contributed by atoms with Gasteiger partial charge in [0.05, 0.1) is 0 Å². The molecule has 0 aromatic heterocycles. The molecule has 2 rings (SSSR count). The third-order valence-electron chi connectivity index (χ3n) is 3.07. The van der Waals surface area contributed by atoms with Crippen molar-refractivity contribution in [3.63, 3.8) is 0 Å².